The standard InChI is InChI=1S/C13H17N3O3S/c1-10-8-14-6-7-16(10)20(17,18)9-12-11-4-2-3-5-13(11)19-15-12/h2-5,10,14H,6-9H2,1H3. The van der Waals surface area contributed by atoms with Crippen LogP contribution in [0.2, 0.25) is 0 Å². The smallest absolute Gasteiger partial charge is 0.220 e. The summed E-state index contributed by atoms with van der Waals surface area (Å²) in [4.78, 5) is 0. The summed E-state index contributed by atoms with van der Waals surface area (Å²) in [5.41, 5.74) is 1.09. The first kappa shape index (κ1) is 13.5. The molecule has 0 spiro atoms. The second kappa shape index (κ2) is 5.16. The van der Waals surface area contributed by atoms with E-state index in [1.165, 1.54) is 0 Å². The molecule has 7 heteroatoms. The maximum absolute atomic E-state index is 12.5. The second-order valence-corrected chi connectivity index (χ2v) is 6.97. The Hall–Kier alpha value is -1.44. The molecule has 6 nitrogen and oxygen atoms in total. The Kier molecular flexibility index (Phi) is 3.49. The van der Waals surface area contributed by atoms with Gasteiger partial charge in [0.15, 0.2) is 5.58 Å². The minimum atomic E-state index is -3.38. The van der Waals surface area contributed by atoms with Gasteiger partial charge >= 0.3 is 0 Å². The number of benzene rings is 1. The molecule has 0 aliphatic carbocycles. The van der Waals surface area contributed by atoms with E-state index < -0.39 is 10.0 Å². The zero-order valence-corrected chi connectivity index (χ0v) is 12.1. The quantitative estimate of drug-likeness (QED) is 0.912. The monoisotopic (exact) mass is 295 g/mol. The molecule has 1 atom stereocenters. The van der Waals surface area contributed by atoms with Crippen LogP contribution in [0.4, 0.5) is 0 Å². The zero-order chi connectivity index (χ0) is 14.2. The van der Waals surface area contributed by atoms with Crippen LogP contribution >= 0.6 is 0 Å². The van der Waals surface area contributed by atoms with Crippen LogP contribution in [0.3, 0.4) is 0 Å². The van der Waals surface area contributed by atoms with E-state index in [9.17, 15) is 8.42 Å². The minimum absolute atomic E-state index is 0.0353. The fraction of sp³-hybridized carbons (Fsp3) is 0.462. The highest BCUT2D eigenvalue weighted by Gasteiger charge is 2.30. The van der Waals surface area contributed by atoms with Crippen molar-refractivity contribution in [2.24, 2.45) is 0 Å². The van der Waals surface area contributed by atoms with E-state index in [0.29, 0.717) is 30.9 Å². The molecule has 1 saturated heterocycles. The Bertz CT molecular complexity index is 710. The SMILES string of the molecule is CC1CNCCN1S(=O)(=O)Cc1noc2ccccc12. The van der Waals surface area contributed by atoms with E-state index in [2.05, 4.69) is 10.5 Å². The van der Waals surface area contributed by atoms with Crippen LogP contribution in [0.5, 0.6) is 0 Å². The number of sulfonamides is 1. The summed E-state index contributed by atoms with van der Waals surface area (Å²) in [6.07, 6.45) is 0. The van der Waals surface area contributed by atoms with Gasteiger partial charge in [0.05, 0.1) is 0 Å². The third-order valence-corrected chi connectivity index (χ3v) is 5.46. The zero-order valence-electron chi connectivity index (χ0n) is 11.2. The molecule has 0 amide bonds. The van der Waals surface area contributed by atoms with Crippen molar-refractivity contribution < 1.29 is 12.9 Å². The van der Waals surface area contributed by atoms with Crippen LogP contribution in [0.25, 0.3) is 11.0 Å². The third-order valence-electron chi connectivity index (χ3n) is 3.57. The molecule has 1 N–H and O–H groups in total. The van der Waals surface area contributed by atoms with Gasteiger partial charge in [-0.1, -0.05) is 17.3 Å². The van der Waals surface area contributed by atoms with Crippen molar-refractivity contribution >= 4 is 21.0 Å². The van der Waals surface area contributed by atoms with Crippen molar-refractivity contribution in [3.8, 4) is 0 Å². The maximum atomic E-state index is 12.5. The highest BCUT2D eigenvalue weighted by atomic mass is 32.2. The van der Waals surface area contributed by atoms with Crippen LogP contribution in [0.15, 0.2) is 28.8 Å². The summed E-state index contributed by atoms with van der Waals surface area (Å²) >= 11 is 0. The molecule has 1 aliphatic heterocycles. The minimum Gasteiger partial charge on any atom is -0.356 e. The molecule has 1 aliphatic rings. The molecule has 3 rings (SSSR count). The Balaban J connectivity index is 1.89. The predicted octanol–water partition coefficient (Wildman–Crippen LogP) is 0.951. The molecule has 2 aromatic rings. The van der Waals surface area contributed by atoms with Crippen LogP contribution in [0, 0.1) is 0 Å². The van der Waals surface area contributed by atoms with Crippen LogP contribution in [-0.4, -0.2) is 43.6 Å². The van der Waals surface area contributed by atoms with Gasteiger partial charge in [0, 0.05) is 31.1 Å². The van der Waals surface area contributed by atoms with E-state index in [-0.39, 0.29) is 11.8 Å². The van der Waals surface area contributed by atoms with Crippen molar-refractivity contribution in [1.29, 1.82) is 0 Å². The topological polar surface area (TPSA) is 75.4 Å². The summed E-state index contributed by atoms with van der Waals surface area (Å²) in [5, 5.41) is 7.85. The molecular weight excluding hydrogens is 278 g/mol. The third kappa shape index (κ3) is 2.44. The molecule has 108 valence electrons. The van der Waals surface area contributed by atoms with E-state index in [0.717, 1.165) is 5.39 Å². The Labute approximate surface area is 117 Å². The number of piperazine rings is 1. The second-order valence-electron chi connectivity index (χ2n) is 5.05. The predicted molar refractivity (Wildman–Crippen MR) is 75.7 cm³/mol. The van der Waals surface area contributed by atoms with Gasteiger partial charge in [-0.25, -0.2) is 8.42 Å². The summed E-state index contributed by atoms with van der Waals surface area (Å²) in [6.45, 7) is 3.77. The molecule has 1 unspecified atom stereocenters. The normalized spacial score (nSPS) is 21.4. The fourth-order valence-electron chi connectivity index (χ4n) is 2.53. The summed E-state index contributed by atoms with van der Waals surface area (Å²) in [7, 11) is -3.38. The van der Waals surface area contributed by atoms with Gasteiger partial charge in [-0.15, -0.1) is 0 Å². The van der Waals surface area contributed by atoms with Crippen molar-refractivity contribution in [1.82, 2.24) is 14.8 Å². The number of rotatable bonds is 3. The fourth-order valence-corrected chi connectivity index (χ4v) is 4.25. The van der Waals surface area contributed by atoms with E-state index in [4.69, 9.17) is 4.52 Å². The lowest BCUT2D eigenvalue weighted by atomic mass is 10.2. The van der Waals surface area contributed by atoms with Gasteiger partial charge in [-0.3, -0.25) is 0 Å². The lowest BCUT2D eigenvalue weighted by Gasteiger charge is -2.32. The lowest BCUT2D eigenvalue weighted by molar-refractivity contribution is 0.283. The van der Waals surface area contributed by atoms with Crippen LogP contribution < -0.4 is 5.32 Å². The Morgan fingerprint density at radius 1 is 1.45 bits per heavy atom. The molecule has 2 heterocycles. The number of fused-ring (bicyclic) bond motifs is 1. The average molecular weight is 295 g/mol. The highest BCUT2D eigenvalue weighted by molar-refractivity contribution is 7.88. The average Bonchev–Trinajstić information content (AvgIpc) is 2.82. The number of hydrogen-bond donors (Lipinski definition) is 1. The maximum Gasteiger partial charge on any atom is 0.220 e. The lowest BCUT2D eigenvalue weighted by Crippen LogP contribution is -2.52. The molecular formula is C13H17N3O3S. The summed E-state index contributed by atoms with van der Waals surface area (Å²) in [6, 6.07) is 7.27. The van der Waals surface area contributed by atoms with Crippen molar-refractivity contribution in [2.75, 3.05) is 19.6 Å². The van der Waals surface area contributed by atoms with Gasteiger partial charge in [-0.05, 0) is 19.1 Å². The Morgan fingerprint density at radius 3 is 3.05 bits per heavy atom. The van der Waals surface area contributed by atoms with Crippen molar-refractivity contribution in [2.45, 2.75) is 18.7 Å². The number of nitrogens with zero attached hydrogens (tertiary/aromatic N) is 2. The van der Waals surface area contributed by atoms with E-state index >= 15 is 0 Å². The van der Waals surface area contributed by atoms with Gasteiger partial charge in [0.1, 0.15) is 11.4 Å². The first-order valence-electron chi connectivity index (χ1n) is 6.61. The largest absolute Gasteiger partial charge is 0.356 e. The Morgan fingerprint density at radius 2 is 2.25 bits per heavy atom. The highest BCUT2D eigenvalue weighted by Crippen LogP contribution is 2.22. The molecule has 1 fully saturated rings. The molecule has 0 saturated carbocycles. The van der Waals surface area contributed by atoms with Crippen LogP contribution in [-0.2, 0) is 15.8 Å². The summed E-state index contributed by atoms with van der Waals surface area (Å²) < 4.78 is 31.8. The van der Waals surface area contributed by atoms with Crippen molar-refractivity contribution in [3.63, 3.8) is 0 Å². The van der Waals surface area contributed by atoms with Gasteiger partial charge in [0.2, 0.25) is 10.0 Å². The first-order chi connectivity index (χ1) is 9.58. The number of para-hydroxylation sites is 1. The number of aromatic nitrogens is 1. The number of nitrogens with one attached hydrogen (secondary N) is 1. The van der Waals surface area contributed by atoms with E-state index in [1.54, 1.807) is 10.4 Å². The molecule has 0 radical (unpaired) electrons. The first-order valence-corrected chi connectivity index (χ1v) is 8.22. The van der Waals surface area contributed by atoms with Crippen molar-refractivity contribution in [3.05, 3.63) is 30.0 Å². The molecule has 0 bridgehead atoms. The molecule has 1 aromatic heterocycles. The summed E-state index contributed by atoms with van der Waals surface area (Å²) in [5.74, 6) is -0.117. The van der Waals surface area contributed by atoms with Gasteiger partial charge in [0.25, 0.3) is 0 Å². The van der Waals surface area contributed by atoms with Crippen LogP contribution in [0.1, 0.15) is 12.6 Å². The van der Waals surface area contributed by atoms with Gasteiger partial charge < -0.3 is 9.84 Å². The van der Waals surface area contributed by atoms with E-state index in [1.807, 2.05) is 25.1 Å². The molecule has 20 heavy (non-hydrogen) atoms. The number of hydrogen-bond acceptors (Lipinski definition) is 5. The molecule has 1 aromatic carbocycles. The van der Waals surface area contributed by atoms with Gasteiger partial charge in [-0.2, -0.15) is 4.31 Å².